The Labute approximate surface area is 216 Å². The number of hydrogen-bond acceptors (Lipinski definition) is 7. The number of benzene rings is 1. The number of hydrogen-bond donors (Lipinski definition) is 8. The van der Waals surface area contributed by atoms with Crippen LogP contribution >= 0.6 is 0 Å². The number of aliphatic carboxylic acids is 2. The third kappa shape index (κ3) is 7.39. The van der Waals surface area contributed by atoms with Crippen molar-refractivity contribution >= 4 is 40.6 Å². The van der Waals surface area contributed by atoms with Gasteiger partial charge in [-0.3, -0.25) is 19.2 Å². The van der Waals surface area contributed by atoms with Gasteiger partial charge in [-0.15, -0.1) is 0 Å². The van der Waals surface area contributed by atoms with Gasteiger partial charge in [0.05, 0.1) is 18.8 Å². The molecule has 0 radical (unpaired) electrons. The van der Waals surface area contributed by atoms with Crippen LogP contribution < -0.4 is 21.7 Å². The van der Waals surface area contributed by atoms with Crippen molar-refractivity contribution in [1.29, 1.82) is 0 Å². The van der Waals surface area contributed by atoms with Crippen LogP contribution in [0.1, 0.15) is 24.6 Å². The van der Waals surface area contributed by atoms with E-state index in [0.717, 1.165) is 10.9 Å². The molecular weight excluding hydrogens is 498 g/mol. The first kappa shape index (κ1) is 27.9. The lowest BCUT2D eigenvalue weighted by molar-refractivity contribution is -0.143. The van der Waals surface area contributed by atoms with Gasteiger partial charge in [0, 0.05) is 41.8 Å². The lowest BCUT2D eigenvalue weighted by Crippen LogP contribution is -2.57. The molecule has 0 fully saturated rings. The number of aromatic nitrogens is 3. The number of nitrogens with one attached hydrogen (secondary N) is 5. The minimum Gasteiger partial charge on any atom is -0.481 e. The van der Waals surface area contributed by atoms with Crippen LogP contribution in [0.15, 0.2) is 43.0 Å². The molecule has 0 spiro atoms. The number of carboxylic acids is 2. The molecule has 0 saturated carbocycles. The molecule has 202 valence electrons. The molecule has 38 heavy (non-hydrogen) atoms. The molecule has 3 aromatic rings. The Balaban J connectivity index is 1.61. The monoisotopic (exact) mass is 527 g/mol. The van der Waals surface area contributed by atoms with E-state index in [-0.39, 0.29) is 12.8 Å². The Morgan fingerprint density at radius 3 is 2.32 bits per heavy atom. The fourth-order valence-corrected chi connectivity index (χ4v) is 3.79. The average molecular weight is 528 g/mol. The first-order valence-electron chi connectivity index (χ1n) is 11.7. The number of imidazole rings is 1. The normalized spacial score (nSPS) is 14.2. The number of carbonyl (C=O) groups is 5. The number of carboxylic acid groups (broad SMARTS) is 2. The van der Waals surface area contributed by atoms with E-state index >= 15 is 0 Å². The number of nitrogens with zero attached hydrogens (tertiary/aromatic N) is 1. The Bertz CT molecular complexity index is 1300. The third-order valence-corrected chi connectivity index (χ3v) is 5.81. The van der Waals surface area contributed by atoms with Gasteiger partial charge in [-0.1, -0.05) is 18.2 Å². The van der Waals surface area contributed by atoms with Crippen molar-refractivity contribution < 1.29 is 34.2 Å². The fraction of sp³-hybridized carbons (Fsp3) is 0.333. The lowest BCUT2D eigenvalue weighted by Gasteiger charge is -2.22. The number of amides is 3. The van der Waals surface area contributed by atoms with Crippen molar-refractivity contribution in [3.8, 4) is 0 Å². The molecule has 4 atom stereocenters. The van der Waals surface area contributed by atoms with E-state index in [2.05, 4.69) is 30.9 Å². The summed E-state index contributed by atoms with van der Waals surface area (Å²) in [5.74, 6) is -5.16. The van der Waals surface area contributed by atoms with E-state index in [9.17, 15) is 34.2 Å². The molecule has 0 saturated heterocycles. The summed E-state index contributed by atoms with van der Waals surface area (Å²) in [4.78, 5) is 70.7. The van der Waals surface area contributed by atoms with Gasteiger partial charge in [0.25, 0.3) is 0 Å². The highest BCUT2D eigenvalue weighted by Gasteiger charge is 2.30. The average Bonchev–Trinajstić information content (AvgIpc) is 3.52. The number of aromatic amines is 2. The predicted molar refractivity (Wildman–Crippen MR) is 134 cm³/mol. The van der Waals surface area contributed by atoms with E-state index in [1.807, 2.05) is 24.3 Å². The van der Waals surface area contributed by atoms with Crippen LogP contribution in [0.25, 0.3) is 10.9 Å². The molecule has 0 bridgehead atoms. The number of nitrogens with two attached hydrogens (primary N) is 1. The number of para-hydroxylation sites is 1. The van der Waals surface area contributed by atoms with Gasteiger partial charge in [0.2, 0.25) is 17.7 Å². The van der Waals surface area contributed by atoms with Crippen LogP contribution in [0.3, 0.4) is 0 Å². The first-order chi connectivity index (χ1) is 18.0. The van der Waals surface area contributed by atoms with Crippen molar-refractivity contribution in [2.45, 2.75) is 50.4 Å². The number of carbonyl (C=O) groups excluding carboxylic acids is 3. The fourth-order valence-electron chi connectivity index (χ4n) is 3.79. The number of fused-ring (bicyclic) bond motifs is 1. The van der Waals surface area contributed by atoms with Crippen LogP contribution in [-0.2, 0) is 36.8 Å². The molecule has 9 N–H and O–H groups in total. The highest BCUT2D eigenvalue weighted by atomic mass is 16.4. The molecule has 2 heterocycles. The van der Waals surface area contributed by atoms with Crippen molar-refractivity contribution in [1.82, 2.24) is 30.9 Å². The van der Waals surface area contributed by atoms with Gasteiger partial charge < -0.3 is 41.9 Å². The molecule has 0 aliphatic rings. The van der Waals surface area contributed by atoms with Crippen LogP contribution in [0.4, 0.5) is 0 Å². The van der Waals surface area contributed by atoms with Crippen LogP contribution in [-0.4, -0.2) is 79.0 Å². The second kappa shape index (κ2) is 12.5. The SMILES string of the molecule is CC(NC(=O)C(CC(=O)O)NC(=O)C(N)Cc1cnc[nH]1)C(=O)NC(Cc1c[nH]c2ccccc12)C(=O)O. The molecule has 0 aliphatic heterocycles. The summed E-state index contributed by atoms with van der Waals surface area (Å²) in [6, 6.07) is 2.14. The summed E-state index contributed by atoms with van der Waals surface area (Å²) in [5, 5.41) is 26.6. The zero-order valence-electron chi connectivity index (χ0n) is 20.4. The second-order valence-electron chi connectivity index (χ2n) is 8.74. The van der Waals surface area contributed by atoms with Gasteiger partial charge in [-0.2, -0.15) is 0 Å². The quantitative estimate of drug-likeness (QED) is 0.136. The van der Waals surface area contributed by atoms with Crippen LogP contribution in [0.2, 0.25) is 0 Å². The van der Waals surface area contributed by atoms with Crippen molar-refractivity contribution in [3.63, 3.8) is 0 Å². The zero-order valence-corrected chi connectivity index (χ0v) is 20.4. The van der Waals surface area contributed by atoms with E-state index in [0.29, 0.717) is 11.3 Å². The molecular formula is C24H29N7O7. The highest BCUT2D eigenvalue weighted by Crippen LogP contribution is 2.19. The molecule has 0 aliphatic carbocycles. The van der Waals surface area contributed by atoms with Crippen molar-refractivity contribution in [2.24, 2.45) is 5.73 Å². The molecule has 4 unspecified atom stereocenters. The molecule has 14 heteroatoms. The predicted octanol–water partition coefficient (Wildman–Crippen LogP) is -0.963. The van der Waals surface area contributed by atoms with Gasteiger partial charge in [0.1, 0.15) is 18.1 Å². The maximum atomic E-state index is 12.7. The smallest absolute Gasteiger partial charge is 0.326 e. The van der Waals surface area contributed by atoms with Gasteiger partial charge in [-0.05, 0) is 18.6 Å². The Hall–Kier alpha value is -4.72. The summed E-state index contributed by atoms with van der Waals surface area (Å²) in [6.45, 7) is 1.31. The van der Waals surface area contributed by atoms with Crippen LogP contribution in [0.5, 0.6) is 0 Å². The van der Waals surface area contributed by atoms with Gasteiger partial charge in [-0.25, -0.2) is 9.78 Å². The number of H-pyrrole nitrogens is 2. The Morgan fingerprint density at radius 1 is 0.947 bits per heavy atom. The molecule has 3 rings (SSSR count). The first-order valence-corrected chi connectivity index (χ1v) is 11.7. The summed E-state index contributed by atoms with van der Waals surface area (Å²) in [6.07, 6.45) is 3.83. The summed E-state index contributed by atoms with van der Waals surface area (Å²) in [5.41, 5.74) is 7.91. The molecule has 2 aromatic heterocycles. The molecule has 3 amide bonds. The Kier molecular flexibility index (Phi) is 9.16. The third-order valence-electron chi connectivity index (χ3n) is 5.81. The van der Waals surface area contributed by atoms with E-state index in [4.69, 9.17) is 5.73 Å². The maximum Gasteiger partial charge on any atom is 0.326 e. The van der Waals surface area contributed by atoms with Gasteiger partial charge >= 0.3 is 11.9 Å². The largest absolute Gasteiger partial charge is 0.481 e. The minimum absolute atomic E-state index is 0.0162. The second-order valence-corrected chi connectivity index (χ2v) is 8.74. The molecule has 14 nitrogen and oxygen atoms in total. The topological polar surface area (TPSA) is 232 Å². The van der Waals surface area contributed by atoms with Crippen molar-refractivity contribution in [3.05, 3.63) is 54.2 Å². The zero-order chi connectivity index (χ0) is 27.8. The lowest BCUT2D eigenvalue weighted by atomic mass is 10.0. The standard InChI is InChI=1S/C24H29N7O7/c1-12(21(34)31-19(24(37)38)6-13-9-27-17-5-3-2-4-15(13)17)29-23(36)18(8-20(32)33)30-22(35)16(25)7-14-10-26-11-28-14/h2-5,9-12,16,18-19,27H,6-8,25H2,1H3,(H,26,28)(H,29,36)(H,30,35)(H,31,34)(H,32,33)(H,37,38). The summed E-state index contributed by atoms with van der Waals surface area (Å²) in [7, 11) is 0. The summed E-state index contributed by atoms with van der Waals surface area (Å²) >= 11 is 0. The van der Waals surface area contributed by atoms with Crippen LogP contribution in [0, 0.1) is 0 Å². The Morgan fingerprint density at radius 2 is 1.66 bits per heavy atom. The van der Waals surface area contributed by atoms with E-state index in [1.165, 1.54) is 19.4 Å². The summed E-state index contributed by atoms with van der Waals surface area (Å²) < 4.78 is 0. The molecule has 1 aromatic carbocycles. The maximum absolute atomic E-state index is 12.7. The van der Waals surface area contributed by atoms with E-state index in [1.54, 1.807) is 6.20 Å². The van der Waals surface area contributed by atoms with Gasteiger partial charge in [0.15, 0.2) is 0 Å². The van der Waals surface area contributed by atoms with Crippen molar-refractivity contribution in [2.75, 3.05) is 0 Å². The number of rotatable bonds is 13. The van der Waals surface area contributed by atoms with E-state index < -0.39 is 60.2 Å². The highest BCUT2D eigenvalue weighted by molar-refractivity contribution is 5.95. The minimum atomic E-state index is -1.52.